The van der Waals surface area contributed by atoms with Gasteiger partial charge in [-0.25, -0.2) is 0 Å². The molecule has 17 heavy (non-hydrogen) atoms. The van der Waals surface area contributed by atoms with E-state index in [1.165, 1.54) is 5.56 Å². The lowest BCUT2D eigenvalue weighted by molar-refractivity contribution is 0.0521. The van der Waals surface area contributed by atoms with Gasteiger partial charge in [-0.05, 0) is 36.3 Å². The van der Waals surface area contributed by atoms with Crippen molar-refractivity contribution in [2.75, 3.05) is 12.4 Å². The lowest BCUT2D eigenvalue weighted by atomic mass is 9.74. The van der Waals surface area contributed by atoms with E-state index in [1.807, 2.05) is 25.5 Å². The average molecular weight is 235 g/mol. The molecule has 3 unspecified atom stereocenters. The van der Waals surface area contributed by atoms with Crippen molar-refractivity contribution >= 4 is 5.69 Å². The minimum Gasteiger partial charge on any atom is -0.391 e. The van der Waals surface area contributed by atoms with Crippen LogP contribution in [0.1, 0.15) is 31.2 Å². The molecule has 1 fully saturated rings. The van der Waals surface area contributed by atoms with E-state index in [0.29, 0.717) is 5.92 Å². The Bertz CT molecular complexity index is 371. The summed E-state index contributed by atoms with van der Waals surface area (Å²) in [5.74, 6) is 0.662. The van der Waals surface area contributed by atoms with E-state index < -0.39 is 0 Å². The third-order valence-corrected chi connectivity index (χ3v) is 3.80. The molecule has 0 saturated heterocycles. The van der Waals surface area contributed by atoms with Crippen molar-refractivity contribution in [3.63, 3.8) is 0 Å². The largest absolute Gasteiger partial charge is 0.391 e. The standard InChI is InChI=1S/C13H21N3O/c1-8-5-9(6-11(14)13(8)17)10-3-4-16-7-12(10)15-2/h3-4,7-9,11,13,15,17H,5-6,14H2,1-2H3/t8-,9?,11?,13?/m0/s1. The van der Waals surface area contributed by atoms with Gasteiger partial charge in [-0.2, -0.15) is 0 Å². The topological polar surface area (TPSA) is 71.2 Å². The fourth-order valence-electron chi connectivity index (χ4n) is 2.80. The van der Waals surface area contributed by atoms with Crippen LogP contribution in [0.5, 0.6) is 0 Å². The van der Waals surface area contributed by atoms with Crippen molar-refractivity contribution in [2.24, 2.45) is 11.7 Å². The molecule has 1 heterocycles. The number of anilines is 1. The van der Waals surface area contributed by atoms with Gasteiger partial charge >= 0.3 is 0 Å². The van der Waals surface area contributed by atoms with E-state index in [9.17, 15) is 5.11 Å². The van der Waals surface area contributed by atoms with E-state index in [2.05, 4.69) is 17.2 Å². The summed E-state index contributed by atoms with van der Waals surface area (Å²) in [4.78, 5) is 4.12. The maximum Gasteiger partial charge on any atom is 0.0716 e. The van der Waals surface area contributed by atoms with Crippen LogP contribution in [0.3, 0.4) is 0 Å². The number of nitrogens with two attached hydrogens (primary N) is 1. The molecular formula is C13H21N3O. The van der Waals surface area contributed by atoms with Crippen molar-refractivity contribution in [1.82, 2.24) is 4.98 Å². The highest BCUT2D eigenvalue weighted by Gasteiger charge is 2.33. The van der Waals surface area contributed by atoms with Crippen molar-refractivity contribution in [3.05, 3.63) is 24.0 Å². The molecule has 4 heteroatoms. The Kier molecular flexibility index (Phi) is 3.64. The first kappa shape index (κ1) is 12.3. The van der Waals surface area contributed by atoms with E-state index >= 15 is 0 Å². The predicted octanol–water partition coefficient (Wildman–Crippen LogP) is 1.32. The zero-order valence-corrected chi connectivity index (χ0v) is 10.4. The van der Waals surface area contributed by atoms with Crippen LogP contribution in [0.15, 0.2) is 18.5 Å². The van der Waals surface area contributed by atoms with Crippen molar-refractivity contribution in [1.29, 1.82) is 0 Å². The van der Waals surface area contributed by atoms with Gasteiger partial charge < -0.3 is 16.2 Å². The monoisotopic (exact) mass is 235 g/mol. The predicted molar refractivity (Wildman–Crippen MR) is 68.9 cm³/mol. The summed E-state index contributed by atoms with van der Waals surface area (Å²) < 4.78 is 0. The van der Waals surface area contributed by atoms with Gasteiger partial charge in [0.05, 0.1) is 18.0 Å². The maximum absolute atomic E-state index is 9.88. The molecule has 2 rings (SSSR count). The van der Waals surface area contributed by atoms with Gasteiger partial charge in [0.25, 0.3) is 0 Å². The number of hydrogen-bond donors (Lipinski definition) is 3. The number of pyridine rings is 1. The molecule has 0 amide bonds. The molecule has 1 aliphatic carbocycles. The van der Waals surface area contributed by atoms with Gasteiger partial charge in [0, 0.05) is 19.3 Å². The van der Waals surface area contributed by atoms with Crippen LogP contribution >= 0.6 is 0 Å². The molecule has 1 saturated carbocycles. The van der Waals surface area contributed by atoms with E-state index in [4.69, 9.17) is 5.73 Å². The van der Waals surface area contributed by atoms with Gasteiger partial charge in [-0.1, -0.05) is 6.92 Å². The van der Waals surface area contributed by atoms with Gasteiger partial charge in [0.2, 0.25) is 0 Å². The molecule has 94 valence electrons. The molecule has 0 radical (unpaired) electrons. The number of aromatic nitrogens is 1. The van der Waals surface area contributed by atoms with Crippen LogP contribution in [-0.4, -0.2) is 29.3 Å². The van der Waals surface area contributed by atoms with Gasteiger partial charge in [-0.3, -0.25) is 4.98 Å². The summed E-state index contributed by atoms with van der Waals surface area (Å²) in [6.07, 6.45) is 5.11. The Hall–Kier alpha value is -1.13. The Labute approximate surface area is 102 Å². The molecule has 4 atom stereocenters. The lowest BCUT2D eigenvalue weighted by Gasteiger charge is -2.36. The quantitative estimate of drug-likeness (QED) is 0.723. The summed E-state index contributed by atoms with van der Waals surface area (Å²) in [6, 6.07) is 1.93. The van der Waals surface area contributed by atoms with Crippen LogP contribution < -0.4 is 11.1 Å². The minimum atomic E-state index is -0.369. The first-order chi connectivity index (χ1) is 8.13. The van der Waals surface area contributed by atoms with Crippen LogP contribution in [0, 0.1) is 5.92 Å². The molecule has 4 N–H and O–H groups in total. The highest BCUT2D eigenvalue weighted by atomic mass is 16.3. The zero-order valence-electron chi connectivity index (χ0n) is 10.4. The van der Waals surface area contributed by atoms with Crippen molar-refractivity contribution in [3.8, 4) is 0 Å². The summed E-state index contributed by atoms with van der Waals surface area (Å²) in [6.45, 7) is 2.07. The van der Waals surface area contributed by atoms with Gasteiger partial charge in [-0.15, -0.1) is 0 Å². The molecule has 0 bridgehead atoms. The fourth-order valence-corrected chi connectivity index (χ4v) is 2.80. The Balaban J connectivity index is 2.22. The molecule has 0 spiro atoms. The average Bonchev–Trinajstić information content (AvgIpc) is 2.35. The molecule has 1 aliphatic rings. The zero-order chi connectivity index (χ0) is 12.4. The smallest absolute Gasteiger partial charge is 0.0716 e. The molecule has 1 aromatic heterocycles. The number of aliphatic hydroxyl groups excluding tert-OH is 1. The van der Waals surface area contributed by atoms with Crippen LogP contribution in [0.25, 0.3) is 0 Å². The lowest BCUT2D eigenvalue weighted by Crippen LogP contribution is -2.44. The van der Waals surface area contributed by atoms with Crippen LogP contribution in [0.2, 0.25) is 0 Å². The summed E-state index contributed by atoms with van der Waals surface area (Å²) in [5, 5.41) is 13.1. The summed E-state index contributed by atoms with van der Waals surface area (Å²) >= 11 is 0. The van der Waals surface area contributed by atoms with E-state index in [0.717, 1.165) is 18.5 Å². The van der Waals surface area contributed by atoms with Crippen molar-refractivity contribution < 1.29 is 5.11 Å². The first-order valence-corrected chi connectivity index (χ1v) is 6.18. The third kappa shape index (κ3) is 2.42. The molecule has 0 aromatic carbocycles. The molecule has 1 aromatic rings. The third-order valence-electron chi connectivity index (χ3n) is 3.80. The second kappa shape index (κ2) is 5.02. The van der Waals surface area contributed by atoms with E-state index in [-0.39, 0.29) is 18.1 Å². The summed E-state index contributed by atoms with van der Waals surface area (Å²) in [7, 11) is 1.90. The SMILES string of the molecule is CNc1cnccc1C1CC(N)C(O)[C@@H](C)C1. The van der Waals surface area contributed by atoms with Crippen LogP contribution in [0.4, 0.5) is 5.69 Å². The summed E-state index contributed by atoms with van der Waals surface area (Å²) in [5.41, 5.74) is 8.33. The number of rotatable bonds is 2. The number of hydrogen-bond acceptors (Lipinski definition) is 4. The number of nitrogens with zero attached hydrogens (tertiary/aromatic N) is 1. The maximum atomic E-state index is 9.88. The molecule has 4 nitrogen and oxygen atoms in total. The highest BCUT2D eigenvalue weighted by molar-refractivity contribution is 5.50. The van der Waals surface area contributed by atoms with Crippen LogP contribution in [-0.2, 0) is 0 Å². The first-order valence-electron chi connectivity index (χ1n) is 6.18. The number of nitrogens with one attached hydrogen (secondary N) is 1. The number of aliphatic hydroxyl groups is 1. The van der Waals surface area contributed by atoms with Crippen molar-refractivity contribution in [2.45, 2.75) is 37.8 Å². The fraction of sp³-hybridized carbons (Fsp3) is 0.615. The molecular weight excluding hydrogens is 214 g/mol. The second-order valence-corrected chi connectivity index (χ2v) is 5.01. The van der Waals surface area contributed by atoms with E-state index in [1.54, 1.807) is 0 Å². The highest BCUT2D eigenvalue weighted by Crippen LogP contribution is 2.38. The second-order valence-electron chi connectivity index (χ2n) is 5.01. The molecule has 0 aliphatic heterocycles. The Morgan fingerprint density at radius 2 is 2.24 bits per heavy atom. The normalized spacial score (nSPS) is 33.4. The van der Waals surface area contributed by atoms with Gasteiger partial charge in [0.1, 0.15) is 0 Å². The minimum absolute atomic E-state index is 0.123. The Morgan fingerprint density at radius 3 is 2.88 bits per heavy atom. The van der Waals surface area contributed by atoms with Gasteiger partial charge in [0.15, 0.2) is 0 Å². The Morgan fingerprint density at radius 1 is 1.47 bits per heavy atom.